The standard InChI is InChI=1S/C18H16ClNO/c1-2-5-16(20)14-6-3-4-7-15(14)18-11-12-10-13(19)8-9-17(12)21-18/h2-4,6-11,16H,1,5,20H2. The van der Waals surface area contributed by atoms with Gasteiger partial charge in [0.25, 0.3) is 0 Å². The van der Waals surface area contributed by atoms with E-state index in [0.717, 1.165) is 34.3 Å². The van der Waals surface area contributed by atoms with Crippen LogP contribution in [0.4, 0.5) is 0 Å². The van der Waals surface area contributed by atoms with Crippen LogP contribution in [0.5, 0.6) is 0 Å². The molecule has 3 aromatic rings. The third-order valence-corrected chi connectivity index (χ3v) is 3.76. The Kier molecular flexibility index (Phi) is 3.82. The van der Waals surface area contributed by atoms with E-state index in [4.69, 9.17) is 21.8 Å². The Morgan fingerprint density at radius 3 is 2.81 bits per heavy atom. The van der Waals surface area contributed by atoms with Crippen LogP contribution >= 0.6 is 11.6 Å². The van der Waals surface area contributed by atoms with Crippen LogP contribution in [0.1, 0.15) is 18.0 Å². The fourth-order valence-corrected chi connectivity index (χ4v) is 2.68. The fourth-order valence-electron chi connectivity index (χ4n) is 2.50. The van der Waals surface area contributed by atoms with Crippen LogP contribution in [0, 0.1) is 0 Å². The average Bonchev–Trinajstić information content (AvgIpc) is 2.90. The molecular weight excluding hydrogens is 282 g/mol. The number of fused-ring (bicyclic) bond motifs is 1. The van der Waals surface area contributed by atoms with Crippen LogP contribution in [0.25, 0.3) is 22.3 Å². The van der Waals surface area contributed by atoms with Crippen LogP contribution < -0.4 is 5.73 Å². The smallest absolute Gasteiger partial charge is 0.135 e. The summed E-state index contributed by atoms with van der Waals surface area (Å²) in [7, 11) is 0. The average molecular weight is 298 g/mol. The van der Waals surface area contributed by atoms with Crippen molar-refractivity contribution in [3.05, 3.63) is 71.8 Å². The maximum absolute atomic E-state index is 6.23. The molecule has 106 valence electrons. The maximum Gasteiger partial charge on any atom is 0.135 e. The van der Waals surface area contributed by atoms with E-state index in [1.165, 1.54) is 0 Å². The predicted molar refractivity (Wildman–Crippen MR) is 88.4 cm³/mol. The number of benzene rings is 2. The summed E-state index contributed by atoms with van der Waals surface area (Å²) < 4.78 is 5.94. The van der Waals surface area contributed by atoms with Crippen molar-refractivity contribution in [3.63, 3.8) is 0 Å². The van der Waals surface area contributed by atoms with Crippen molar-refractivity contribution in [2.75, 3.05) is 0 Å². The lowest BCUT2D eigenvalue weighted by Crippen LogP contribution is -2.10. The first-order valence-corrected chi connectivity index (χ1v) is 7.21. The van der Waals surface area contributed by atoms with Crippen molar-refractivity contribution in [2.24, 2.45) is 5.73 Å². The molecule has 0 spiro atoms. The Labute approximate surface area is 128 Å². The molecular formula is C18H16ClNO. The minimum absolute atomic E-state index is 0.0875. The van der Waals surface area contributed by atoms with Gasteiger partial charge in [0.15, 0.2) is 0 Å². The number of nitrogens with two attached hydrogens (primary N) is 1. The van der Waals surface area contributed by atoms with E-state index in [1.807, 2.05) is 54.6 Å². The van der Waals surface area contributed by atoms with Crippen LogP contribution in [0.15, 0.2) is 65.6 Å². The third kappa shape index (κ3) is 2.73. The molecule has 2 nitrogen and oxygen atoms in total. The highest BCUT2D eigenvalue weighted by Crippen LogP contribution is 2.33. The van der Waals surface area contributed by atoms with Gasteiger partial charge in [-0.25, -0.2) is 0 Å². The number of furan rings is 1. The van der Waals surface area contributed by atoms with Crippen molar-refractivity contribution < 1.29 is 4.42 Å². The summed E-state index contributed by atoms with van der Waals surface area (Å²) in [5.74, 6) is 0.808. The summed E-state index contributed by atoms with van der Waals surface area (Å²) >= 11 is 6.02. The largest absolute Gasteiger partial charge is 0.456 e. The Bertz CT molecular complexity index is 791. The Balaban J connectivity index is 2.11. The fraction of sp³-hybridized carbons (Fsp3) is 0.111. The number of halogens is 1. The van der Waals surface area contributed by atoms with Gasteiger partial charge in [0.2, 0.25) is 0 Å². The molecule has 0 aliphatic carbocycles. The third-order valence-electron chi connectivity index (χ3n) is 3.52. The van der Waals surface area contributed by atoms with Gasteiger partial charge in [-0.3, -0.25) is 0 Å². The van der Waals surface area contributed by atoms with Crippen molar-refractivity contribution in [3.8, 4) is 11.3 Å². The highest BCUT2D eigenvalue weighted by Gasteiger charge is 2.14. The number of rotatable bonds is 4. The van der Waals surface area contributed by atoms with E-state index >= 15 is 0 Å². The zero-order chi connectivity index (χ0) is 14.8. The first-order chi connectivity index (χ1) is 10.2. The highest BCUT2D eigenvalue weighted by atomic mass is 35.5. The molecule has 0 radical (unpaired) electrons. The van der Waals surface area contributed by atoms with E-state index in [2.05, 4.69) is 6.58 Å². The SMILES string of the molecule is C=CCC(N)c1ccccc1-c1cc2cc(Cl)ccc2o1. The highest BCUT2D eigenvalue weighted by molar-refractivity contribution is 6.31. The van der Waals surface area contributed by atoms with Gasteiger partial charge in [0, 0.05) is 22.0 Å². The van der Waals surface area contributed by atoms with Gasteiger partial charge >= 0.3 is 0 Å². The molecule has 3 rings (SSSR count). The first kappa shape index (κ1) is 13.9. The molecule has 0 aliphatic rings. The number of hydrogen-bond donors (Lipinski definition) is 1. The minimum atomic E-state index is -0.0875. The van der Waals surface area contributed by atoms with E-state index in [9.17, 15) is 0 Å². The first-order valence-electron chi connectivity index (χ1n) is 6.84. The molecule has 1 unspecified atom stereocenters. The molecule has 0 saturated carbocycles. The molecule has 0 amide bonds. The van der Waals surface area contributed by atoms with Crippen LogP contribution in [-0.4, -0.2) is 0 Å². The zero-order valence-corrected chi connectivity index (χ0v) is 12.3. The molecule has 0 bridgehead atoms. The molecule has 0 aliphatic heterocycles. The lowest BCUT2D eigenvalue weighted by molar-refractivity contribution is 0.628. The topological polar surface area (TPSA) is 39.2 Å². The Morgan fingerprint density at radius 2 is 2.00 bits per heavy atom. The van der Waals surface area contributed by atoms with E-state index in [-0.39, 0.29) is 6.04 Å². The summed E-state index contributed by atoms with van der Waals surface area (Å²) in [5.41, 5.74) is 9.12. The molecule has 0 fully saturated rings. The second-order valence-corrected chi connectivity index (χ2v) is 5.45. The molecule has 2 aromatic carbocycles. The Morgan fingerprint density at radius 1 is 1.19 bits per heavy atom. The lowest BCUT2D eigenvalue weighted by Gasteiger charge is -2.13. The van der Waals surface area contributed by atoms with Gasteiger partial charge < -0.3 is 10.2 Å². The van der Waals surface area contributed by atoms with Crippen molar-refractivity contribution in [1.29, 1.82) is 0 Å². The summed E-state index contributed by atoms with van der Waals surface area (Å²) in [6, 6.07) is 15.6. The quantitative estimate of drug-likeness (QED) is 0.661. The molecule has 2 N–H and O–H groups in total. The molecule has 1 atom stereocenters. The number of hydrogen-bond acceptors (Lipinski definition) is 2. The monoisotopic (exact) mass is 297 g/mol. The van der Waals surface area contributed by atoms with E-state index in [0.29, 0.717) is 5.02 Å². The second-order valence-electron chi connectivity index (χ2n) is 5.01. The maximum atomic E-state index is 6.23. The lowest BCUT2D eigenvalue weighted by atomic mass is 9.97. The van der Waals surface area contributed by atoms with Gasteiger partial charge in [0.1, 0.15) is 11.3 Å². The molecule has 1 heterocycles. The molecule has 21 heavy (non-hydrogen) atoms. The minimum Gasteiger partial charge on any atom is -0.456 e. The summed E-state index contributed by atoms with van der Waals surface area (Å²) in [4.78, 5) is 0. The van der Waals surface area contributed by atoms with Crippen LogP contribution in [0.2, 0.25) is 5.02 Å². The van der Waals surface area contributed by atoms with Gasteiger partial charge in [0.05, 0.1) is 0 Å². The van der Waals surface area contributed by atoms with Crippen LogP contribution in [-0.2, 0) is 0 Å². The van der Waals surface area contributed by atoms with Crippen molar-refractivity contribution in [2.45, 2.75) is 12.5 Å². The molecule has 0 saturated heterocycles. The van der Waals surface area contributed by atoms with Crippen molar-refractivity contribution in [1.82, 2.24) is 0 Å². The zero-order valence-electron chi connectivity index (χ0n) is 11.6. The van der Waals surface area contributed by atoms with Gasteiger partial charge in [-0.2, -0.15) is 0 Å². The van der Waals surface area contributed by atoms with E-state index in [1.54, 1.807) is 0 Å². The molecule has 1 aromatic heterocycles. The molecule has 3 heteroatoms. The summed E-state index contributed by atoms with van der Waals surface area (Å²) in [6.45, 7) is 3.75. The predicted octanol–water partition coefficient (Wildman–Crippen LogP) is 5.33. The second kappa shape index (κ2) is 5.76. The van der Waals surface area contributed by atoms with Gasteiger partial charge in [-0.05, 0) is 36.2 Å². The summed E-state index contributed by atoms with van der Waals surface area (Å²) in [5, 5.41) is 1.69. The van der Waals surface area contributed by atoms with Crippen LogP contribution in [0.3, 0.4) is 0 Å². The van der Waals surface area contributed by atoms with Gasteiger partial charge in [-0.1, -0.05) is 41.9 Å². The van der Waals surface area contributed by atoms with Gasteiger partial charge in [-0.15, -0.1) is 6.58 Å². The Hall–Kier alpha value is -2.03. The van der Waals surface area contributed by atoms with E-state index < -0.39 is 0 Å². The summed E-state index contributed by atoms with van der Waals surface area (Å²) in [6.07, 6.45) is 2.56. The van der Waals surface area contributed by atoms with Crippen molar-refractivity contribution >= 4 is 22.6 Å². The normalized spacial score (nSPS) is 12.5.